The highest BCUT2D eigenvalue weighted by Crippen LogP contribution is 2.26. The molecule has 0 aliphatic carbocycles. The zero-order chi connectivity index (χ0) is 11.8. The van der Waals surface area contributed by atoms with Crippen LogP contribution in [0.2, 0.25) is 0 Å². The number of aromatic nitrogens is 1. The van der Waals surface area contributed by atoms with Crippen LogP contribution in [0, 0.1) is 0 Å². The Kier molecular flexibility index (Phi) is 2.65. The summed E-state index contributed by atoms with van der Waals surface area (Å²) in [5.74, 6) is 0. The summed E-state index contributed by atoms with van der Waals surface area (Å²) in [5, 5.41) is 10.5. The molecule has 3 heteroatoms. The Morgan fingerprint density at radius 2 is 2.12 bits per heavy atom. The number of likely N-dealkylation sites (N-methyl/N-ethyl adjacent to an activating group) is 1. The van der Waals surface area contributed by atoms with Crippen LogP contribution < -0.4 is 0 Å². The predicted octanol–water partition coefficient (Wildman–Crippen LogP) is 1.69. The highest BCUT2D eigenvalue weighted by atomic mass is 16.3. The number of nitrogens with one attached hydrogen (secondary N) is 1. The lowest BCUT2D eigenvalue weighted by Gasteiger charge is -2.11. The number of rotatable bonds is 1. The van der Waals surface area contributed by atoms with Gasteiger partial charge in [-0.3, -0.25) is 0 Å². The van der Waals surface area contributed by atoms with Gasteiger partial charge < -0.3 is 15.0 Å². The molecule has 1 aliphatic heterocycles. The molecule has 2 N–H and O–H groups in total. The molecule has 0 unspecified atom stereocenters. The van der Waals surface area contributed by atoms with E-state index in [-0.39, 0.29) is 6.61 Å². The van der Waals surface area contributed by atoms with E-state index in [9.17, 15) is 0 Å². The molecule has 17 heavy (non-hydrogen) atoms. The molecule has 0 spiro atoms. The Balaban J connectivity index is 2.10. The van der Waals surface area contributed by atoms with E-state index < -0.39 is 0 Å². The van der Waals surface area contributed by atoms with Gasteiger partial charge in [0.15, 0.2) is 0 Å². The summed E-state index contributed by atoms with van der Waals surface area (Å²) in [7, 11) is 2.18. The van der Waals surface area contributed by atoms with Crippen molar-refractivity contribution >= 4 is 10.9 Å². The van der Waals surface area contributed by atoms with Crippen LogP contribution in [0.5, 0.6) is 0 Å². The van der Waals surface area contributed by atoms with Gasteiger partial charge in [-0.05, 0) is 30.7 Å². The smallest absolute Gasteiger partial charge is 0.0682 e. The topological polar surface area (TPSA) is 39.3 Å². The number of hydrogen-bond donors (Lipinski definition) is 2. The van der Waals surface area contributed by atoms with Gasteiger partial charge in [-0.2, -0.15) is 0 Å². The van der Waals surface area contributed by atoms with Crippen LogP contribution in [0.15, 0.2) is 18.2 Å². The lowest BCUT2D eigenvalue weighted by Crippen LogP contribution is -2.21. The first kappa shape index (κ1) is 10.8. The highest BCUT2D eigenvalue weighted by Gasteiger charge is 2.16. The van der Waals surface area contributed by atoms with Gasteiger partial charge in [0.25, 0.3) is 0 Å². The van der Waals surface area contributed by atoms with Crippen molar-refractivity contribution < 1.29 is 5.11 Å². The lowest BCUT2D eigenvalue weighted by atomic mass is 10.1. The Labute approximate surface area is 101 Å². The van der Waals surface area contributed by atoms with E-state index in [4.69, 9.17) is 5.11 Å². The predicted molar refractivity (Wildman–Crippen MR) is 69.1 cm³/mol. The third-order valence-corrected chi connectivity index (χ3v) is 3.73. The molecule has 1 aromatic heterocycles. The van der Waals surface area contributed by atoms with Crippen LogP contribution in [0.3, 0.4) is 0 Å². The van der Waals surface area contributed by atoms with E-state index in [1.54, 1.807) is 0 Å². The van der Waals surface area contributed by atoms with Crippen molar-refractivity contribution in [3.05, 3.63) is 35.0 Å². The van der Waals surface area contributed by atoms with Crippen molar-refractivity contribution in [1.29, 1.82) is 0 Å². The number of hydrogen-bond acceptors (Lipinski definition) is 2. The number of aliphatic hydroxyl groups is 1. The Hall–Kier alpha value is -1.32. The normalized spacial score (nSPS) is 17.1. The van der Waals surface area contributed by atoms with Crippen LogP contribution >= 0.6 is 0 Å². The number of aliphatic hydroxyl groups excluding tert-OH is 1. The van der Waals surface area contributed by atoms with Gasteiger partial charge in [-0.1, -0.05) is 12.1 Å². The van der Waals surface area contributed by atoms with Crippen molar-refractivity contribution in [2.75, 3.05) is 20.1 Å². The van der Waals surface area contributed by atoms with Gasteiger partial charge in [0, 0.05) is 36.1 Å². The second-order valence-electron chi connectivity index (χ2n) is 4.92. The molecule has 0 radical (unpaired) electrons. The molecule has 3 nitrogen and oxygen atoms in total. The van der Waals surface area contributed by atoms with E-state index in [0.29, 0.717) is 0 Å². The van der Waals surface area contributed by atoms with E-state index in [0.717, 1.165) is 31.5 Å². The fourth-order valence-electron chi connectivity index (χ4n) is 2.67. The van der Waals surface area contributed by atoms with Crippen molar-refractivity contribution in [3.63, 3.8) is 0 Å². The van der Waals surface area contributed by atoms with Crippen LogP contribution in [0.1, 0.15) is 16.8 Å². The van der Waals surface area contributed by atoms with Crippen molar-refractivity contribution in [2.45, 2.75) is 19.4 Å². The maximum absolute atomic E-state index is 9.16. The Morgan fingerprint density at radius 3 is 2.94 bits per heavy atom. The molecule has 3 rings (SSSR count). The summed E-state index contributed by atoms with van der Waals surface area (Å²) >= 11 is 0. The van der Waals surface area contributed by atoms with Gasteiger partial charge in [-0.25, -0.2) is 0 Å². The van der Waals surface area contributed by atoms with Crippen LogP contribution in [-0.2, 0) is 19.4 Å². The fourth-order valence-corrected chi connectivity index (χ4v) is 2.67. The number of aromatic amines is 1. The molecule has 2 aromatic rings. The second-order valence-corrected chi connectivity index (χ2v) is 4.92. The first-order valence-electron chi connectivity index (χ1n) is 6.19. The first-order chi connectivity index (χ1) is 8.28. The van der Waals surface area contributed by atoms with Gasteiger partial charge in [0.1, 0.15) is 0 Å². The zero-order valence-electron chi connectivity index (χ0n) is 10.2. The van der Waals surface area contributed by atoms with Gasteiger partial charge in [0.05, 0.1) is 6.61 Å². The monoisotopic (exact) mass is 230 g/mol. The fraction of sp³-hybridized carbons (Fsp3) is 0.429. The van der Waals surface area contributed by atoms with E-state index in [1.165, 1.54) is 22.2 Å². The molecule has 1 aromatic carbocycles. The minimum Gasteiger partial charge on any atom is -0.392 e. The number of nitrogens with zero attached hydrogens (tertiary/aromatic N) is 1. The average molecular weight is 230 g/mol. The summed E-state index contributed by atoms with van der Waals surface area (Å²) in [5.41, 5.74) is 4.99. The summed E-state index contributed by atoms with van der Waals surface area (Å²) in [6, 6.07) is 6.22. The summed E-state index contributed by atoms with van der Waals surface area (Å²) in [4.78, 5) is 5.89. The van der Waals surface area contributed by atoms with Crippen molar-refractivity contribution in [3.8, 4) is 0 Å². The van der Waals surface area contributed by atoms with Gasteiger partial charge in [0.2, 0.25) is 0 Å². The molecule has 0 fully saturated rings. The van der Waals surface area contributed by atoms with Gasteiger partial charge >= 0.3 is 0 Å². The lowest BCUT2D eigenvalue weighted by molar-refractivity contribution is 0.282. The number of benzene rings is 1. The average Bonchev–Trinajstić information content (AvgIpc) is 2.60. The van der Waals surface area contributed by atoms with E-state index in [2.05, 4.69) is 29.1 Å². The second kappa shape index (κ2) is 4.17. The number of H-pyrrole nitrogens is 1. The molecule has 0 atom stereocenters. The summed E-state index contributed by atoms with van der Waals surface area (Å²) in [6.45, 7) is 2.36. The van der Waals surface area contributed by atoms with Crippen LogP contribution in [0.25, 0.3) is 10.9 Å². The van der Waals surface area contributed by atoms with Crippen LogP contribution in [-0.4, -0.2) is 35.1 Å². The minimum absolute atomic E-state index is 0.113. The largest absolute Gasteiger partial charge is 0.392 e. The van der Waals surface area contributed by atoms with Crippen molar-refractivity contribution in [2.24, 2.45) is 0 Å². The SMILES string of the molecule is CN1CCc2[nH]c3cc(CO)ccc3c2CC1. The Morgan fingerprint density at radius 1 is 1.29 bits per heavy atom. The van der Waals surface area contributed by atoms with Crippen LogP contribution in [0.4, 0.5) is 0 Å². The van der Waals surface area contributed by atoms with E-state index >= 15 is 0 Å². The quantitative estimate of drug-likeness (QED) is 0.782. The zero-order valence-corrected chi connectivity index (χ0v) is 10.2. The molecule has 0 saturated heterocycles. The highest BCUT2D eigenvalue weighted by molar-refractivity contribution is 5.85. The van der Waals surface area contributed by atoms with Gasteiger partial charge in [-0.15, -0.1) is 0 Å². The maximum atomic E-state index is 9.16. The molecule has 1 aliphatic rings. The standard InChI is InChI=1S/C14H18N2O/c1-16-6-4-12-11-3-2-10(9-17)8-14(11)15-13(12)5-7-16/h2-3,8,15,17H,4-7,9H2,1H3. The Bertz CT molecular complexity index is 544. The van der Waals surface area contributed by atoms with E-state index in [1.807, 2.05) is 6.07 Å². The first-order valence-corrected chi connectivity index (χ1v) is 6.19. The molecule has 0 bridgehead atoms. The molecule has 90 valence electrons. The maximum Gasteiger partial charge on any atom is 0.0682 e. The minimum atomic E-state index is 0.113. The van der Waals surface area contributed by atoms with Crippen molar-refractivity contribution in [1.82, 2.24) is 9.88 Å². The third kappa shape index (κ3) is 1.85. The summed E-state index contributed by atoms with van der Waals surface area (Å²) in [6.07, 6.45) is 2.21. The molecular formula is C14H18N2O. The molecule has 0 amide bonds. The number of fused-ring (bicyclic) bond motifs is 3. The third-order valence-electron chi connectivity index (χ3n) is 3.73. The molecule has 0 saturated carbocycles. The molecular weight excluding hydrogens is 212 g/mol. The molecule has 2 heterocycles. The summed E-state index contributed by atoms with van der Waals surface area (Å²) < 4.78 is 0.